The van der Waals surface area contributed by atoms with Crippen molar-refractivity contribution in [3.8, 4) is 0 Å². The summed E-state index contributed by atoms with van der Waals surface area (Å²) < 4.78 is 1.05. The minimum Gasteiger partial charge on any atom is -0.373 e. The number of rotatable bonds is 4. The Labute approximate surface area is 134 Å². The van der Waals surface area contributed by atoms with Gasteiger partial charge in [-0.05, 0) is 53.9 Å². The van der Waals surface area contributed by atoms with Crippen LogP contribution in [0.4, 0.5) is 11.4 Å². The Morgan fingerprint density at radius 2 is 2.10 bits per heavy atom. The molecule has 1 fully saturated rings. The highest BCUT2D eigenvalue weighted by Crippen LogP contribution is 2.39. The molecule has 4 nitrogen and oxygen atoms in total. The summed E-state index contributed by atoms with van der Waals surface area (Å²) in [6.45, 7) is 1.08. The van der Waals surface area contributed by atoms with E-state index in [1.807, 2.05) is 7.05 Å². The third kappa shape index (κ3) is 2.81. The van der Waals surface area contributed by atoms with E-state index in [2.05, 4.69) is 50.6 Å². The maximum atomic E-state index is 11.9. The lowest BCUT2D eigenvalue weighted by atomic mass is 10.1. The van der Waals surface area contributed by atoms with Crippen molar-refractivity contribution in [1.29, 1.82) is 0 Å². The van der Waals surface area contributed by atoms with Crippen LogP contribution in [0.3, 0.4) is 0 Å². The second kappa shape index (κ2) is 5.97. The molecule has 1 aromatic carbocycles. The Morgan fingerprint density at radius 1 is 1.38 bits per heavy atom. The van der Waals surface area contributed by atoms with Crippen molar-refractivity contribution in [3.05, 3.63) is 22.2 Å². The van der Waals surface area contributed by atoms with Gasteiger partial charge in [0.2, 0.25) is 5.91 Å². The van der Waals surface area contributed by atoms with Crippen LogP contribution >= 0.6 is 15.9 Å². The van der Waals surface area contributed by atoms with Crippen molar-refractivity contribution in [1.82, 2.24) is 5.32 Å². The van der Waals surface area contributed by atoms with Crippen molar-refractivity contribution >= 4 is 33.2 Å². The zero-order chi connectivity index (χ0) is 15.0. The molecule has 5 heteroatoms. The van der Waals surface area contributed by atoms with E-state index in [0.29, 0.717) is 0 Å². The van der Waals surface area contributed by atoms with E-state index in [4.69, 9.17) is 0 Å². The first-order valence-electron chi connectivity index (χ1n) is 7.63. The summed E-state index contributed by atoms with van der Waals surface area (Å²) in [5.74, 6) is 0.824. The standard InChI is InChI=1S/C16H22BrN3O/c1-18-15-11-7-12(17)14(8-13(11)19-16(15)21)20(2)9-10-5-3-4-6-10/h7-8,10,15,18H,3-6,9H2,1-2H3,(H,19,21). The summed E-state index contributed by atoms with van der Waals surface area (Å²) >= 11 is 3.67. The van der Waals surface area contributed by atoms with Gasteiger partial charge in [0.15, 0.2) is 0 Å². The largest absolute Gasteiger partial charge is 0.373 e. The first-order valence-corrected chi connectivity index (χ1v) is 8.42. The molecule has 1 aliphatic heterocycles. The van der Waals surface area contributed by atoms with Gasteiger partial charge in [0.05, 0.1) is 5.69 Å². The summed E-state index contributed by atoms with van der Waals surface area (Å²) in [5, 5.41) is 6.02. The van der Waals surface area contributed by atoms with Crippen LogP contribution in [0.1, 0.15) is 37.3 Å². The summed E-state index contributed by atoms with van der Waals surface area (Å²) in [7, 11) is 3.95. The Bertz CT molecular complexity index is 555. The van der Waals surface area contributed by atoms with Crippen molar-refractivity contribution in [2.24, 2.45) is 5.92 Å². The fraction of sp³-hybridized carbons (Fsp3) is 0.562. The molecule has 0 radical (unpaired) electrons. The zero-order valence-electron chi connectivity index (χ0n) is 12.6. The molecule has 1 unspecified atom stereocenters. The highest BCUT2D eigenvalue weighted by atomic mass is 79.9. The first-order chi connectivity index (χ1) is 10.1. The average molecular weight is 352 g/mol. The lowest BCUT2D eigenvalue weighted by Crippen LogP contribution is -2.24. The van der Waals surface area contributed by atoms with Gasteiger partial charge in [-0.1, -0.05) is 12.8 Å². The van der Waals surface area contributed by atoms with E-state index in [9.17, 15) is 4.79 Å². The van der Waals surface area contributed by atoms with E-state index in [1.165, 1.54) is 25.7 Å². The van der Waals surface area contributed by atoms with Gasteiger partial charge in [-0.25, -0.2) is 0 Å². The molecular weight excluding hydrogens is 330 g/mol. The van der Waals surface area contributed by atoms with E-state index in [1.54, 1.807) is 0 Å². The molecule has 114 valence electrons. The van der Waals surface area contributed by atoms with Crippen LogP contribution in [-0.2, 0) is 4.79 Å². The summed E-state index contributed by atoms with van der Waals surface area (Å²) in [6.07, 6.45) is 5.41. The third-order valence-electron chi connectivity index (χ3n) is 4.66. The highest BCUT2D eigenvalue weighted by Gasteiger charge is 2.30. The fourth-order valence-electron chi connectivity index (χ4n) is 3.53. The molecule has 1 atom stereocenters. The van der Waals surface area contributed by atoms with Gasteiger partial charge in [0.1, 0.15) is 6.04 Å². The quantitative estimate of drug-likeness (QED) is 0.874. The fourth-order valence-corrected chi connectivity index (χ4v) is 4.19. The molecule has 0 bridgehead atoms. The molecule has 0 spiro atoms. The van der Waals surface area contributed by atoms with Crippen LogP contribution < -0.4 is 15.5 Å². The van der Waals surface area contributed by atoms with Crippen molar-refractivity contribution < 1.29 is 4.79 Å². The second-order valence-corrected chi connectivity index (χ2v) is 6.99. The van der Waals surface area contributed by atoms with Gasteiger partial charge in [-0.15, -0.1) is 0 Å². The summed E-state index contributed by atoms with van der Waals surface area (Å²) in [5.41, 5.74) is 3.10. The molecule has 21 heavy (non-hydrogen) atoms. The molecule has 2 N–H and O–H groups in total. The summed E-state index contributed by atoms with van der Waals surface area (Å²) in [4.78, 5) is 14.2. The summed E-state index contributed by atoms with van der Waals surface area (Å²) in [6, 6.07) is 3.91. The lowest BCUT2D eigenvalue weighted by molar-refractivity contribution is -0.117. The highest BCUT2D eigenvalue weighted by molar-refractivity contribution is 9.10. The molecule has 1 amide bonds. The maximum Gasteiger partial charge on any atom is 0.246 e. The topological polar surface area (TPSA) is 44.4 Å². The van der Waals surface area contributed by atoms with E-state index in [-0.39, 0.29) is 11.9 Å². The number of carbonyl (C=O) groups is 1. The van der Waals surface area contributed by atoms with E-state index >= 15 is 0 Å². The Balaban J connectivity index is 1.84. The average Bonchev–Trinajstić information content (AvgIpc) is 3.04. The minimum atomic E-state index is -0.245. The van der Waals surface area contributed by atoms with Crippen molar-refractivity contribution in [2.75, 3.05) is 30.9 Å². The number of carbonyl (C=O) groups excluding carboxylic acids is 1. The van der Waals surface area contributed by atoms with Gasteiger partial charge in [-0.2, -0.15) is 0 Å². The normalized spacial score (nSPS) is 21.5. The number of fused-ring (bicyclic) bond motifs is 1. The zero-order valence-corrected chi connectivity index (χ0v) is 14.2. The number of benzene rings is 1. The van der Waals surface area contributed by atoms with Gasteiger partial charge in [-0.3, -0.25) is 4.79 Å². The van der Waals surface area contributed by atoms with Gasteiger partial charge >= 0.3 is 0 Å². The minimum absolute atomic E-state index is 0.0231. The maximum absolute atomic E-state index is 11.9. The number of hydrogen-bond acceptors (Lipinski definition) is 3. The predicted octanol–water partition coefficient (Wildman–Crippen LogP) is 3.29. The number of likely N-dealkylation sites (N-methyl/N-ethyl adjacent to an activating group) is 1. The molecule has 2 aliphatic rings. The van der Waals surface area contributed by atoms with Crippen molar-refractivity contribution in [3.63, 3.8) is 0 Å². The number of halogens is 1. The van der Waals surface area contributed by atoms with Crippen LogP contribution in [0.25, 0.3) is 0 Å². The van der Waals surface area contributed by atoms with Gasteiger partial charge in [0, 0.05) is 29.3 Å². The van der Waals surface area contributed by atoms with Crippen LogP contribution in [0, 0.1) is 5.92 Å². The first kappa shape index (κ1) is 14.9. The molecule has 3 rings (SSSR count). The van der Waals surface area contributed by atoms with E-state index < -0.39 is 0 Å². The lowest BCUT2D eigenvalue weighted by Gasteiger charge is -2.25. The molecule has 0 saturated heterocycles. The second-order valence-electron chi connectivity index (χ2n) is 6.13. The third-order valence-corrected chi connectivity index (χ3v) is 5.29. The Morgan fingerprint density at radius 3 is 2.76 bits per heavy atom. The molecule has 1 aliphatic carbocycles. The van der Waals surface area contributed by atoms with Crippen LogP contribution in [0.15, 0.2) is 16.6 Å². The van der Waals surface area contributed by atoms with Crippen LogP contribution in [0.2, 0.25) is 0 Å². The molecule has 1 saturated carbocycles. The SMILES string of the molecule is CNC1C(=O)Nc2cc(N(C)CC3CCCC3)c(Br)cc21. The van der Waals surface area contributed by atoms with Gasteiger partial charge in [0.25, 0.3) is 0 Å². The van der Waals surface area contributed by atoms with Crippen molar-refractivity contribution in [2.45, 2.75) is 31.7 Å². The molecular formula is C16H22BrN3O. The van der Waals surface area contributed by atoms with Gasteiger partial charge < -0.3 is 15.5 Å². The molecule has 1 aromatic rings. The monoisotopic (exact) mass is 351 g/mol. The number of anilines is 2. The predicted molar refractivity (Wildman–Crippen MR) is 89.8 cm³/mol. The number of nitrogens with one attached hydrogen (secondary N) is 2. The smallest absolute Gasteiger partial charge is 0.246 e. The Kier molecular flexibility index (Phi) is 4.22. The number of nitrogens with zero attached hydrogens (tertiary/aromatic N) is 1. The molecule has 0 aromatic heterocycles. The van der Waals surface area contributed by atoms with Crippen LogP contribution in [-0.4, -0.2) is 26.5 Å². The number of hydrogen-bond donors (Lipinski definition) is 2. The molecule has 1 heterocycles. The van der Waals surface area contributed by atoms with Crippen LogP contribution in [0.5, 0.6) is 0 Å². The number of amides is 1. The Hall–Kier alpha value is -1.07. The van der Waals surface area contributed by atoms with E-state index in [0.717, 1.165) is 33.9 Å².